The van der Waals surface area contributed by atoms with Crippen LogP contribution in [0.4, 0.5) is 5.13 Å². The molecule has 0 bridgehead atoms. The molecule has 0 aliphatic carbocycles. The van der Waals surface area contributed by atoms with Crippen molar-refractivity contribution in [2.24, 2.45) is 0 Å². The number of esters is 1. The van der Waals surface area contributed by atoms with Crippen LogP contribution in [0.3, 0.4) is 0 Å². The van der Waals surface area contributed by atoms with E-state index in [1.54, 1.807) is 48.1 Å². The van der Waals surface area contributed by atoms with E-state index in [-0.39, 0.29) is 0 Å². The number of nitrogens with one attached hydrogen (secondary N) is 2. The van der Waals surface area contributed by atoms with Crippen LogP contribution in [-0.2, 0) is 9.53 Å². The third kappa shape index (κ3) is 4.56. The molecule has 2 aromatic heterocycles. The van der Waals surface area contributed by atoms with Crippen LogP contribution in [0, 0.1) is 0 Å². The van der Waals surface area contributed by atoms with Crippen molar-refractivity contribution >= 4 is 39.9 Å². The highest BCUT2D eigenvalue weighted by molar-refractivity contribution is 7.14. The summed E-state index contributed by atoms with van der Waals surface area (Å²) in [6, 6.07) is 14.1. The number of nitrogens with zero attached hydrogens (tertiary/aromatic N) is 2. The first-order chi connectivity index (χ1) is 14.6. The van der Waals surface area contributed by atoms with Gasteiger partial charge >= 0.3 is 5.97 Å². The molecule has 2 aromatic carbocycles. The average molecular weight is 439 g/mol. The molecule has 7 nitrogen and oxygen atoms in total. The van der Waals surface area contributed by atoms with Gasteiger partial charge in [0.25, 0.3) is 5.91 Å². The third-order valence-electron chi connectivity index (χ3n) is 4.13. The molecule has 0 spiro atoms. The van der Waals surface area contributed by atoms with Crippen LogP contribution >= 0.6 is 22.9 Å². The number of hydrogen-bond acceptors (Lipinski definition) is 6. The maximum atomic E-state index is 12.2. The van der Waals surface area contributed by atoms with E-state index in [2.05, 4.69) is 20.3 Å². The number of H-pyrrole nitrogens is 1. The lowest BCUT2D eigenvalue weighted by atomic mass is 10.1. The monoisotopic (exact) mass is 438 g/mol. The predicted octanol–water partition coefficient (Wildman–Crippen LogP) is 4.65. The Hall–Kier alpha value is -3.49. The van der Waals surface area contributed by atoms with Crippen LogP contribution in [0.1, 0.15) is 10.4 Å². The van der Waals surface area contributed by atoms with Crippen molar-refractivity contribution in [3.8, 4) is 22.6 Å². The lowest BCUT2D eigenvalue weighted by Gasteiger charge is -2.05. The van der Waals surface area contributed by atoms with Crippen LogP contribution in [-0.4, -0.2) is 33.4 Å². The molecule has 2 N–H and O–H groups in total. The highest BCUT2D eigenvalue weighted by Gasteiger charge is 2.13. The van der Waals surface area contributed by atoms with Crippen molar-refractivity contribution in [3.63, 3.8) is 0 Å². The predicted molar refractivity (Wildman–Crippen MR) is 115 cm³/mol. The highest BCUT2D eigenvalue weighted by atomic mass is 35.5. The van der Waals surface area contributed by atoms with Gasteiger partial charge in [-0.05, 0) is 18.2 Å². The number of hydrogen-bond donors (Lipinski definition) is 2. The van der Waals surface area contributed by atoms with Crippen molar-refractivity contribution in [2.45, 2.75) is 0 Å². The quantitative estimate of drug-likeness (QED) is 0.427. The van der Waals surface area contributed by atoms with Gasteiger partial charge in [0, 0.05) is 33.9 Å². The number of rotatable bonds is 6. The van der Waals surface area contributed by atoms with Crippen LogP contribution in [0.15, 0.2) is 66.3 Å². The largest absolute Gasteiger partial charge is 0.452 e. The summed E-state index contributed by atoms with van der Waals surface area (Å²) in [6.45, 7) is -0.417. The summed E-state index contributed by atoms with van der Waals surface area (Å²) in [5.41, 5.74) is 2.62. The number of carbonyl (C=O) groups is 2. The zero-order valence-corrected chi connectivity index (χ0v) is 17.0. The van der Waals surface area contributed by atoms with Crippen LogP contribution in [0.5, 0.6) is 0 Å². The average Bonchev–Trinajstić information content (AvgIpc) is 3.45. The molecule has 0 aliphatic rings. The molecule has 4 aromatic rings. The van der Waals surface area contributed by atoms with Crippen molar-refractivity contribution in [3.05, 3.63) is 76.9 Å². The first-order valence-corrected chi connectivity index (χ1v) is 10.1. The fourth-order valence-electron chi connectivity index (χ4n) is 2.68. The Kier molecular flexibility index (Phi) is 5.87. The Labute approximate surface area is 180 Å². The van der Waals surface area contributed by atoms with Gasteiger partial charge in [-0.15, -0.1) is 11.3 Å². The zero-order valence-electron chi connectivity index (χ0n) is 15.5. The molecule has 0 fully saturated rings. The Bertz CT molecular complexity index is 1170. The number of ether oxygens (including phenoxy) is 1. The maximum absolute atomic E-state index is 12.2. The van der Waals surface area contributed by atoms with E-state index in [0.29, 0.717) is 27.2 Å². The Morgan fingerprint density at radius 3 is 2.67 bits per heavy atom. The molecule has 0 unspecified atom stereocenters. The van der Waals surface area contributed by atoms with Gasteiger partial charge in [-0.2, -0.15) is 0 Å². The van der Waals surface area contributed by atoms with Gasteiger partial charge in [0.05, 0.1) is 11.3 Å². The van der Waals surface area contributed by atoms with Crippen molar-refractivity contribution in [1.82, 2.24) is 15.0 Å². The molecule has 30 heavy (non-hydrogen) atoms. The maximum Gasteiger partial charge on any atom is 0.338 e. The van der Waals surface area contributed by atoms with E-state index < -0.39 is 18.5 Å². The number of carbonyl (C=O) groups excluding carboxylic acids is 2. The Morgan fingerprint density at radius 1 is 1.13 bits per heavy atom. The topological polar surface area (TPSA) is 97.0 Å². The van der Waals surface area contributed by atoms with Gasteiger partial charge in [-0.1, -0.05) is 41.9 Å². The minimum absolute atomic E-state index is 0.341. The minimum Gasteiger partial charge on any atom is -0.452 e. The first kappa shape index (κ1) is 19.8. The molecule has 150 valence electrons. The summed E-state index contributed by atoms with van der Waals surface area (Å²) >= 11 is 7.43. The van der Waals surface area contributed by atoms with E-state index >= 15 is 0 Å². The van der Waals surface area contributed by atoms with Crippen molar-refractivity contribution in [2.75, 3.05) is 11.9 Å². The molecular weight excluding hydrogens is 424 g/mol. The van der Waals surface area contributed by atoms with Gasteiger partial charge in [0.1, 0.15) is 5.82 Å². The Balaban J connectivity index is 1.32. The van der Waals surface area contributed by atoms with Crippen LogP contribution in [0.2, 0.25) is 5.02 Å². The normalized spacial score (nSPS) is 10.6. The number of aromatic nitrogens is 3. The fourth-order valence-corrected chi connectivity index (χ4v) is 3.64. The molecule has 4 rings (SSSR count). The molecule has 0 atom stereocenters. The number of imidazole rings is 1. The zero-order chi connectivity index (χ0) is 20.9. The molecule has 9 heteroatoms. The van der Waals surface area contributed by atoms with Crippen LogP contribution in [0.25, 0.3) is 22.6 Å². The summed E-state index contributed by atoms with van der Waals surface area (Å²) in [5, 5.41) is 5.39. The molecule has 0 saturated heterocycles. The van der Waals surface area contributed by atoms with E-state index in [1.165, 1.54) is 11.3 Å². The summed E-state index contributed by atoms with van der Waals surface area (Å²) in [5.74, 6) is -0.364. The molecule has 0 radical (unpaired) electrons. The molecule has 2 heterocycles. The van der Waals surface area contributed by atoms with Gasteiger partial charge in [-0.25, -0.2) is 14.8 Å². The second-order valence-corrected chi connectivity index (χ2v) is 7.42. The van der Waals surface area contributed by atoms with Gasteiger partial charge in [0.15, 0.2) is 11.7 Å². The number of anilines is 1. The minimum atomic E-state index is -0.591. The summed E-state index contributed by atoms with van der Waals surface area (Å²) in [6.07, 6.45) is 3.37. The molecule has 0 saturated carbocycles. The standard InChI is InChI=1S/C21H15ClN4O3S/c22-16-4-2-1-3-15(16)17-12-30-21(25-17)26-18(27)11-29-20(28)14-7-5-13(6-8-14)19-23-9-10-24-19/h1-10,12H,11H2,(H,23,24)(H,25,26,27). The van der Waals surface area contributed by atoms with Crippen LogP contribution < -0.4 is 5.32 Å². The number of aromatic amines is 1. The number of benzene rings is 2. The van der Waals surface area contributed by atoms with Gasteiger partial charge in [-0.3, -0.25) is 10.1 Å². The number of thiazole rings is 1. The summed E-state index contributed by atoms with van der Waals surface area (Å²) in [4.78, 5) is 35.8. The second kappa shape index (κ2) is 8.89. The van der Waals surface area contributed by atoms with Crippen molar-refractivity contribution in [1.29, 1.82) is 0 Å². The first-order valence-electron chi connectivity index (χ1n) is 8.87. The number of halogens is 1. The summed E-state index contributed by atoms with van der Waals surface area (Å²) < 4.78 is 5.08. The van der Waals surface area contributed by atoms with E-state index in [1.807, 2.05) is 18.2 Å². The van der Waals surface area contributed by atoms with Gasteiger partial charge < -0.3 is 9.72 Å². The van der Waals surface area contributed by atoms with Gasteiger partial charge in [0.2, 0.25) is 0 Å². The smallest absolute Gasteiger partial charge is 0.338 e. The molecule has 0 aliphatic heterocycles. The second-order valence-electron chi connectivity index (χ2n) is 6.16. The molecular formula is C21H15ClN4O3S. The van der Waals surface area contributed by atoms with E-state index in [4.69, 9.17) is 16.3 Å². The molecule has 1 amide bonds. The SMILES string of the molecule is O=C(COC(=O)c1ccc(-c2ncc[nH]2)cc1)Nc1nc(-c2ccccc2Cl)cs1. The third-order valence-corrected chi connectivity index (χ3v) is 5.21. The lowest BCUT2D eigenvalue weighted by Crippen LogP contribution is -2.20. The number of amides is 1. The fraction of sp³-hybridized carbons (Fsp3) is 0.0476. The van der Waals surface area contributed by atoms with Crippen molar-refractivity contribution < 1.29 is 14.3 Å². The Morgan fingerprint density at radius 2 is 1.93 bits per heavy atom. The van der Waals surface area contributed by atoms with E-state index in [9.17, 15) is 9.59 Å². The lowest BCUT2D eigenvalue weighted by molar-refractivity contribution is -0.119. The summed E-state index contributed by atoms with van der Waals surface area (Å²) in [7, 11) is 0. The highest BCUT2D eigenvalue weighted by Crippen LogP contribution is 2.30. The van der Waals surface area contributed by atoms with E-state index in [0.717, 1.165) is 11.1 Å².